The molecule has 57 heavy (non-hydrogen) atoms. The number of nitrogens with zero attached hydrogens (tertiary/aromatic N) is 4. The Morgan fingerprint density at radius 3 is 2.61 bits per heavy atom. The first-order valence-electron chi connectivity index (χ1n) is 20.8. The minimum Gasteiger partial charge on any atom is -0.457 e. The van der Waals surface area contributed by atoms with Crippen molar-refractivity contribution >= 4 is 45.6 Å². The number of benzene rings is 1. The van der Waals surface area contributed by atoms with Gasteiger partial charge >= 0.3 is 5.97 Å². The smallest absolute Gasteiger partial charge is 0.349 e. The monoisotopic (exact) mass is 818 g/mol. The topological polar surface area (TPSA) is 171 Å². The van der Waals surface area contributed by atoms with Gasteiger partial charge in [0, 0.05) is 45.6 Å². The standard InChI is InChI=1S/C42H54N6O7S2/c49-33-11-9-29(30-10-12-37(51)44-38(30)33)34(50)24-43-23-26-21-32-39(31-6-1-5-28(26)31)48(46-45-32)16-4-15-47-17-13-41(14-18-47)22-27(25-54-41)55-40(52)42(53,35-7-2-19-56-35)36-8-3-20-57-36/h2-3,7-8,19-21,27,29-30,33-34,38,43,49-50,53H,1,4-6,9-18,22-25H2,(H,44,51)/t27-,29?,30?,33?,34-,38?/m0/s1. The van der Waals surface area contributed by atoms with Crippen LogP contribution in [0.1, 0.15) is 84.2 Å². The minimum absolute atomic E-state index is 0.00569. The number of hydrogen-bond acceptors (Lipinski definition) is 13. The molecule has 306 valence electrons. The van der Waals surface area contributed by atoms with E-state index in [2.05, 4.69) is 36.6 Å². The van der Waals surface area contributed by atoms with Crippen LogP contribution in [0.2, 0.25) is 0 Å². The first kappa shape index (κ1) is 39.2. The molecule has 4 unspecified atom stereocenters. The summed E-state index contributed by atoms with van der Waals surface area (Å²) < 4.78 is 14.4. The lowest BCUT2D eigenvalue weighted by molar-refractivity contribution is -0.167. The SMILES string of the molecule is O=C1CCC2C(N1)C(O)CCC2[C@@H](O)CNCc1cc2nnn(CCCN3CCC4(CC3)C[C@H](OC(=O)C(O)(c3cccs3)c3cccs3)CO4)c2c2c1CCC2. The van der Waals surface area contributed by atoms with Crippen LogP contribution < -0.4 is 10.6 Å². The fourth-order valence-corrected chi connectivity index (χ4v) is 12.2. The number of likely N-dealkylation sites (tertiary alicyclic amines) is 1. The number of carbonyl (C=O) groups is 2. The third-order valence-electron chi connectivity index (χ3n) is 13.5. The summed E-state index contributed by atoms with van der Waals surface area (Å²) in [6.45, 7) is 5.02. The highest BCUT2D eigenvalue weighted by molar-refractivity contribution is 7.12. The lowest BCUT2D eigenvalue weighted by Gasteiger charge is -2.45. The Kier molecular flexibility index (Phi) is 11.3. The summed E-state index contributed by atoms with van der Waals surface area (Å²) in [6, 6.07) is 9.13. The zero-order chi connectivity index (χ0) is 39.1. The lowest BCUT2D eigenvalue weighted by Crippen LogP contribution is -2.58. The molecule has 0 bridgehead atoms. The zero-order valence-electron chi connectivity index (χ0n) is 32.3. The number of aliphatic hydroxyl groups excluding tert-OH is 2. The highest BCUT2D eigenvalue weighted by Crippen LogP contribution is 2.42. The largest absolute Gasteiger partial charge is 0.457 e. The second-order valence-corrected chi connectivity index (χ2v) is 18.8. The summed E-state index contributed by atoms with van der Waals surface area (Å²) in [4.78, 5) is 29.1. The van der Waals surface area contributed by atoms with E-state index < -0.39 is 29.9 Å². The van der Waals surface area contributed by atoms with Gasteiger partial charge in [0.25, 0.3) is 0 Å². The fraction of sp³-hybridized carbons (Fsp3) is 0.619. The molecule has 4 aromatic rings. The number of piperidine rings is 2. The average Bonchev–Trinajstić information content (AvgIpc) is 4.07. The molecule has 1 amide bonds. The van der Waals surface area contributed by atoms with Crippen molar-refractivity contribution in [3.8, 4) is 0 Å². The molecule has 3 saturated heterocycles. The summed E-state index contributed by atoms with van der Waals surface area (Å²) in [5.74, 6) is -0.498. The molecule has 3 aliphatic heterocycles. The Hall–Kier alpha value is -3.28. The van der Waals surface area contributed by atoms with Crippen LogP contribution in [0.4, 0.5) is 0 Å². The van der Waals surface area contributed by atoms with Crippen molar-refractivity contribution in [2.75, 3.05) is 32.8 Å². The first-order chi connectivity index (χ1) is 27.7. The molecule has 2 aliphatic carbocycles. The molecule has 6 heterocycles. The highest BCUT2D eigenvalue weighted by Gasteiger charge is 2.49. The van der Waals surface area contributed by atoms with E-state index in [9.17, 15) is 24.9 Å². The van der Waals surface area contributed by atoms with E-state index in [1.165, 1.54) is 39.4 Å². The molecule has 1 saturated carbocycles. The maximum Gasteiger partial charge on any atom is 0.349 e. The lowest BCUT2D eigenvalue weighted by atomic mass is 9.68. The Morgan fingerprint density at radius 1 is 1.09 bits per heavy atom. The van der Waals surface area contributed by atoms with Crippen LogP contribution in [0.5, 0.6) is 0 Å². The van der Waals surface area contributed by atoms with Crippen molar-refractivity contribution in [1.82, 2.24) is 30.5 Å². The Labute approximate surface area is 340 Å². The third-order valence-corrected chi connectivity index (χ3v) is 15.4. The van der Waals surface area contributed by atoms with Gasteiger partial charge in [0.2, 0.25) is 11.5 Å². The van der Waals surface area contributed by atoms with Crippen molar-refractivity contribution in [3.05, 3.63) is 67.5 Å². The van der Waals surface area contributed by atoms with Gasteiger partial charge in [0.05, 0.1) is 45.7 Å². The van der Waals surface area contributed by atoms with Gasteiger partial charge in [0.15, 0.2) is 0 Å². The molecule has 4 fully saturated rings. The van der Waals surface area contributed by atoms with Crippen LogP contribution >= 0.6 is 22.7 Å². The number of fused-ring (bicyclic) bond motifs is 4. The molecule has 9 rings (SSSR count). The fourth-order valence-electron chi connectivity index (χ4n) is 10.5. The first-order valence-corrected chi connectivity index (χ1v) is 22.6. The summed E-state index contributed by atoms with van der Waals surface area (Å²) >= 11 is 2.69. The molecule has 6 atom stereocenters. The second kappa shape index (κ2) is 16.4. The predicted octanol–water partition coefficient (Wildman–Crippen LogP) is 3.65. The number of esters is 1. The molecule has 1 aromatic carbocycles. The van der Waals surface area contributed by atoms with E-state index >= 15 is 0 Å². The second-order valence-electron chi connectivity index (χ2n) is 16.9. The third kappa shape index (κ3) is 7.70. The molecule has 5 N–H and O–H groups in total. The number of carbonyl (C=O) groups excluding carboxylic acids is 2. The van der Waals surface area contributed by atoms with Crippen LogP contribution in [0.3, 0.4) is 0 Å². The van der Waals surface area contributed by atoms with Crippen LogP contribution in [-0.4, -0.2) is 110 Å². The number of aliphatic hydroxyl groups is 3. The van der Waals surface area contributed by atoms with Crippen molar-refractivity contribution in [2.45, 2.75) is 119 Å². The van der Waals surface area contributed by atoms with Gasteiger partial charge in [0.1, 0.15) is 11.6 Å². The summed E-state index contributed by atoms with van der Waals surface area (Å²) in [6.07, 6.45) is 7.54. The van der Waals surface area contributed by atoms with E-state index in [0.29, 0.717) is 55.1 Å². The molecule has 13 nitrogen and oxygen atoms in total. The van der Waals surface area contributed by atoms with E-state index in [1.54, 1.807) is 12.1 Å². The Morgan fingerprint density at radius 2 is 1.86 bits per heavy atom. The quantitative estimate of drug-likeness (QED) is 0.125. The summed E-state index contributed by atoms with van der Waals surface area (Å²) in [5.41, 5.74) is 3.92. The summed E-state index contributed by atoms with van der Waals surface area (Å²) in [7, 11) is 0. The van der Waals surface area contributed by atoms with Gasteiger partial charge in [-0.05, 0) is 122 Å². The van der Waals surface area contributed by atoms with Crippen molar-refractivity contribution in [2.24, 2.45) is 11.8 Å². The predicted molar refractivity (Wildman–Crippen MR) is 216 cm³/mol. The van der Waals surface area contributed by atoms with Gasteiger partial charge in [-0.15, -0.1) is 27.8 Å². The number of aryl methyl sites for hydroxylation is 2. The van der Waals surface area contributed by atoms with Gasteiger partial charge in [-0.3, -0.25) is 4.79 Å². The maximum absolute atomic E-state index is 13.5. The number of rotatable bonds is 13. The minimum atomic E-state index is -1.81. The number of ether oxygens (including phenoxy) is 2. The van der Waals surface area contributed by atoms with E-state index in [0.717, 1.165) is 82.2 Å². The van der Waals surface area contributed by atoms with Gasteiger partial charge in [-0.2, -0.15) is 0 Å². The molecular weight excluding hydrogens is 765 g/mol. The maximum atomic E-state index is 13.5. The van der Waals surface area contributed by atoms with Gasteiger partial charge in [-0.25, -0.2) is 9.48 Å². The summed E-state index contributed by atoms with van der Waals surface area (Å²) in [5, 5.41) is 52.9. The number of hydrogen-bond donors (Lipinski definition) is 5. The van der Waals surface area contributed by atoms with Crippen LogP contribution in [-0.2, 0) is 50.6 Å². The normalized spacial score (nSPS) is 26.7. The van der Waals surface area contributed by atoms with Gasteiger partial charge < -0.3 is 40.3 Å². The number of thiophene rings is 2. The van der Waals surface area contributed by atoms with Crippen LogP contribution in [0, 0.1) is 11.8 Å². The van der Waals surface area contributed by atoms with Crippen LogP contribution in [0.15, 0.2) is 41.1 Å². The molecule has 5 aliphatic rings. The number of nitrogens with one attached hydrogen (secondary N) is 2. The van der Waals surface area contributed by atoms with Crippen molar-refractivity contribution in [1.29, 1.82) is 0 Å². The van der Waals surface area contributed by atoms with Crippen molar-refractivity contribution in [3.63, 3.8) is 0 Å². The molecule has 1 spiro atoms. The number of amides is 1. The molecule has 0 radical (unpaired) electrons. The van der Waals surface area contributed by atoms with E-state index in [4.69, 9.17) is 9.47 Å². The highest BCUT2D eigenvalue weighted by atomic mass is 32.1. The van der Waals surface area contributed by atoms with E-state index in [1.807, 2.05) is 22.9 Å². The average molecular weight is 819 g/mol. The zero-order valence-corrected chi connectivity index (χ0v) is 33.9. The van der Waals surface area contributed by atoms with Gasteiger partial charge in [-0.1, -0.05) is 17.3 Å². The molecule has 15 heteroatoms. The van der Waals surface area contributed by atoms with Crippen molar-refractivity contribution < 1.29 is 34.4 Å². The Bertz CT molecular complexity index is 2000. The molecule has 3 aromatic heterocycles. The molecular formula is C42H54N6O7S2. The van der Waals surface area contributed by atoms with Crippen LogP contribution in [0.25, 0.3) is 11.0 Å². The van der Waals surface area contributed by atoms with E-state index in [-0.39, 0.29) is 29.4 Å². The number of aromatic nitrogens is 3. The Balaban J connectivity index is 0.755.